The summed E-state index contributed by atoms with van der Waals surface area (Å²) in [5, 5.41) is 10.4. The molecule has 136 valence electrons. The van der Waals surface area contributed by atoms with Crippen molar-refractivity contribution in [1.29, 1.82) is 0 Å². The van der Waals surface area contributed by atoms with Crippen LogP contribution in [-0.4, -0.2) is 31.6 Å². The highest BCUT2D eigenvalue weighted by molar-refractivity contribution is 6.31. The molecule has 1 aliphatic rings. The van der Waals surface area contributed by atoms with Gasteiger partial charge in [-0.1, -0.05) is 17.7 Å². The second-order valence-corrected chi connectivity index (χ2v) is 6.52. The van der Waals surface area contributed by atoms with Gasteiger partial charge in [-0.25, -0.2) is 4.68 Å². The molecule has 2 aromatic heterocycles. The Hall–Kier alpha value is -3.26. The van der Waals surface area contributed by atoms with E-state index in [0.717, 1.165) is 5.56 Å². The van der Waals surface area contributed by atoms with E-state index in [4.69, 9.17) is 11.6 Å². The number of rotatable bonds is 3. The normalized spacial score (nSPS) is 15.8. The molecule has 2 N–H and O–H groups in total. The van der Waals surface area contributed by atoms with Crippen LogP contribution in [0.5, 0.6) is 0 Å². The summed E-state index contributed by atoms with van der Waals surface area (Å²) < 4.78 is 1.43. The van der Waals surface area contributed by atoms with E-state index in [-0.39, 0.29) is 24.2 Å². The van der Waals surface area contributed by atoms with E-state index >= 15 is 0 Å². The lowest BCUT2D eigenvalue weighted by Gasteiger charge is -2.23. The number of anilines is 2. The number of carbonyl (C=O) groups is 2. The summed E-state index contributed by atoms with van der Waals surface area (Å²) in [5.74, 6) is -0.0418. The Balaban J connectivity index is 1.66. The van der Waals surface area contributed by atoms with Gasteiger partial charge in [-0.2, -0.15) is 4.98 Å². The second-order valence-electron chi connectivity index (χ2n) is 6.12. The third-order valence-electron chi connectivity index (χ3n) is 4.30. The molecule has 2 amide bonds. The number of nitrogens with one attached hydrogen (secondary N) is 2. The van der Waals surface area contributed by atoms with Crippen LogP contribution in [0.2, 0.25) is 5.02 Å². The number of carbonyl (C=O) groups excluding carboxylic acids is 2. The van der Waals surface area contributed by atoms with Gasteiger partial charge < -0.3 is 5.32 Å². The fourth-order valence-electron chi connectivity index (χ4n) is 2.84. The van der Waals surface area contributed by atoms with Crippen molar-refractivity contribution in [1.82, 2.24) is 19.7 Å². The van der Waals surface area contributed by atoms with Crippen LogP contribution in [0.25, 0.3) is 11.4 Å². The highest BCUT2D eigenvalue weighted by atomic mass is 35.5. The monoisotopic (exact) mass is 382 g/mol. The van der Waals surface area contributed by atoms with Crippen LogP contribution in [0.1, 0.15) is 18.0 Å². The van der Waals surface area contributed by atoms with Crippen molar-refractivity contribution in [3.8, 4) is 11.4 Å². The average Bonchev–Trinajstić information content (AvgIpc) is 3.09. The first-order chi connectivity index (χ1) is 13.0. The van der Waals surface area contributed by atoms with Gasteiger partial charge in [-0.05, 0) is 36.8 Å². The summed E-state index contributed by atoms with van der Waals surface area (Å²) in [6.45, 7) is 1.81. The molecule has 0 saturated heterocycles. The second kappa shape index (κ2) is 6.81. The number of nitrogens with zero attached hydrogens (tertiary/aromatic N) is 4. The molecule has 0 spiro atoms. The largest absolute Gasteiger partial charge is 0.324 e. The maximum Gasteiger partial charge on any atom is 0.249 e. The molecule has 1 aromatic carbocycles. The Kier molecular flexibility index (Phi) is 4.33. The van der Waals surface area contributed by atoms with Crippen molar-refractivity contribution < 1.29 is 9.59 Å². The summed E-state index contributed by atoms with van der Waals surface area (Å²) in [5.41, 5.74) is 2.04. The molecule has 0 unspecified atom stereocenters. The molecule has 4 rings (SSSR count). The lowest BCUT2D eigenvalue weighted by Crippen LogP contribution is -2.36. The van der Waals surface area contributed by atoms with Gasteiger partial charge in [-0.15, -0.1) is 5.10 Å². The van der Waals surface area contributed by atoms with E-state index in [1.54, 1.807) is 42.7 Å². The standard InChI is InChI=1S/C18H15ClN6O2/c1-10-12(19)5-2-6-13(10)21-17(27)14-8-15(26)22-18-23-16(24-25(14)18)11-4-3-7-20-9-11/h2-7,9,14H,8H2,1H3,(H,21,27)(H,22,23,24,26)/t14-/m0/s1. The van der Waals surface area contributed by atoms with Crippen LogP contribution >= 0.6 is 11.6 Å². The van der Waals surface area contributed by atoms with E-state index in [1.165, 1.54) is 4.68 Å². The zero-order valence-electron chi connectivity index (χ0n) is 14.3. The Morgan fingerprint density at radius 2 is 2.19 bits per heavy atom. The smallest absolute Gasteiger partial charge is 0.249 e. The number of fused-ring (bicyclic) bond motifs is 1. The zero-order chi connectivity index (χ0) is 19.0. The first-order valence-corrected chi connectivity index (χ1v) is 8.63. The molecular formula is C18H15ClN6O2. The quantitative estimate of drug-likeness (QED) is 0.725. The van der Waals surface area contributed by atoms with Gasteiger partial charge in [0.05, 0.1) is 6.42 Å². The van der Waals surface area contributed by atoms with E-state index in [1.807, 2.05) is 6.92 Å². The maximum absolute atomic E-state index is 12.8. The Labute approximate surface area is 159 Å². The Morgan fingerprint density at radius 1 is 1.33 bits per heavy atom. The van der Waals surface area contributed by atoms with Crippen molar-refractivity contribution in [3.05, 3.63) is 53.3 Å². The molecule has 1 aliphatic heterocycles. The fourth-order valence-corrected chi connectivity index (χ4v) is 3.02. The lowest BCUT2D eigenvalue weighted by molar-refractivity contribution is -0.125. The van der Waals surface area contributed by atoms with Gasteiger partial charge in [0, 0.05) is 28.7 Å². The van der Waals surface area contributed by atoms with E-state index < -0.39 is 6.04 Å². The summed E-state index contributed by atoms with van der Waals surface area (Å²) in [6.07, 6.45) is 3.23. The van der Waals surface area contributed by atoms with Crippen molar-refractivity contribution >= 4 is 35.1 Å². The first kappa shape index (κ1) is 17.2. The van der Waals surface area contributed by atoms with Crippen molar-refractivity contribution in [3.63, 3.8) is 0 Å². The molecule has 0 aliphatic carbocycles. The van der Waals surface area contributed by atoms with Crippen LogP contribution in [0.4, 0.5) is 11.6 Å². The first-order valence-electron chi connectivity index (χ1n) is 8.25. The van der Waals surface area contributed by atoms with Gasteiger partial charge >= 0.3 is 0 Å². The Bertz CT molecular complexity index is 1030. The van der Waals surface area contributed by atoms with Gasteiger partial charge in [-0.3, -0.25) is 19.9 Å². The van der Waals surface area contributed by atoms with Gasteiger partial charge in [0.2, 0.25) is 17.8 Å². The van der Waals surface area contributed by atoms with Crippen molar-refractivity contribution in [2.75, 3.05) is 10.6 Å². The third-order valence-corrected chi connectivity index (χ3v) is 4.71. The maximum atomic E-state index is 12.8. The summed E-state index contributed by atoms with van der Waals surface area (Å²) >= 11 is 6.11. The minimum Gasteiger partial charge on any atom is -0.324 e. The third kappa shape index (κ3) is 3.26. The topological polar surface area (TPSA) is 102 Å². The Morgan fingerprint density at radius 3 is 2.96 bits per heavy atom. The summed E-state index contributed by atoms with van der Waals surface area (Å²) in [6, 6.07) is 8.01. The fraction of sp³-hybridized carbons (Fsp3) is 0.167. The van der Waals surface area contributed by atoms with Gasteiger partial charge in [0.1, 0.15) is 6.04 Å². The number of hydrogen-bond donors (Lipinski definition) is 2. The summed E-state index contributed by atoms with van der Waals surface area (Å²) in [7, 11) is 0. The predicted octanol–water partition coefficient (Wildman–Crippen LogP) is 2.82. The van der Waals surface area contributed by atoms with Crippen LogP contribution in [-0.2, 0) is 9.59 Å². The molecule has 0 radical (unpaired) electrons. The molecule has 0 fully saturated rings. The highest BCUT2D eigenvalue weighted by Gasteiger charge is 2.33. The van der Waals surface area contributed by atoms with Crippen LogP contribution in [0, 0.1) is 6.92 Å². The van der Waals surface area contributed by atoms with Crippen LogP contribution in [0.3, 0.4) is 0 Å². The van der Waals surface area contributed by atoms with Crippen molar-refractivity contribution in [2.45, 2.75) is 19.4 Å². The van der Waals surface area contributed by atoms with Gasteiger partial charge in [0.25, 0.3) is 0 Å². The lowest BCUT2D eigenvalue weighted by atomic mass is 10.1. The molecule has 1 atom stereocenters. The highest BCUT2D eigenvalue weighted by Crippen LogP contribution is 2.28. The van der Waals surface area contributed by atoms with Crippen molar-refractivity contribution in [2.24, 2.45) is 0 Å². The van der Waals surface area contributed by atoms with Crippen LogP contribution in [0.15, 0.2) is 42.7 Å². The number of hydrogen-bond acceptors (Lipinski definition) is 5. The zero-order valence-corrected chi connectivity index (χ0v) is 15.1. The minimum absolute atomic E-state index is 0.0334. The molecular weight excluding hydrogens is 368 g/mol. The van der Waals surface area contributed by atoms with Crippen LogP contribution < -0.4 is 10.6 Å². The molecule has 9 heteroatoms. The number of aromatic nitrogens is 4. The number of pyridine rings is 1. The number of amides is 2. The van der Waals surface area contributed by atoms with Gasteiger partial charge in [0.15, 0.2) is 5.82 Å². The molecule has 27 heavy (non-hydrogen) atoms. The molecule has 0 saturated carbocycles. The molecule has 8 nitrogen and oxygen atoms in total. The predicted molar refractivity (Wildman–Crippen MR) is 100 cm³/mol. The minimum atomic E-state index is -0.815. The molecule has 3 aromatic rings. The SMILES string of the molecule is Cc1c(Cl)cccc1NC(=O)[C@@H]1CC(=O)Nc2nc(-c3cccnc3)nn21. The number of halogens is 1. The van der Waals surface area contributed by atoms with E-state index in [0.29, 0.717) is 22.1 Å². The summed E-state index contributed by atoms with van der Waals surface area (Å²) in [4.78, 5) is 33.3. The average molecular weight is 383 g/mol. The number of benzene rings is 1. The molecule has 3 heterocycles. The van der Waals surface area contributed by atoms with E-state index in [9.17, 15) is 9.59 Å². The molecule has 0 bridgehead atoms. The van der Waals surface area contributed by atoms with E-state index in [2.05, 4.69) is 25.7 Å².